The number of aromatic nitrogens is 2. The molecule has 0 spiro atoms. The van der Waals surface area contributed by atoms with Crippen LogP contribution in [0.2, 0.25) is 0 Å². The molecule has 7 heteroatoms. The van der Waals surface area contributed by atoms with Crippen molar-refractivity contribution in [2.75, 3.05) is 0 Å². The van der Waals surface area contributed by atoms with E-state index in [1.54, 1.807) is 12.4 Å². The Labute approximate surface area is 276 Å². The van der Waals surface area contributed by atoms with Crippen molar-refractivity contribution in [1.82, 2.24) is 9.97 Å². The van der Waals surface area contributed by atoms with Crippen LogP contribution in [0.1, 0.15) is 122 Å². The van der Waals surface area contributed by atoms with Crippen molar-refractivity contribution in [3.8, 4) is 11.5 Å². The van der Waals surface area contributed by atoms with Gasteiger partial charge in [-0.2, -0.15) is 0 Å². The normalized spacial score (nSPS) is 13.4. The number of benzene rings is 3. The molecule has 1 aromatic heterocycles. The SMILES string of the molecule is Bc1nc2cc(/N=C/c3cc(C(C)(C)C)cc(C(C)(C)C)c3O)c(/N=C/c3cc(C(C)(C)C)cc(C(C)(C)C)c3O)cc2nc1C. The third-order valence-electron chi connectivity index (χ3n) is 8.48. The Morgan fingerprint density at radius 1 is 0.565 bits per heavy atom. The van der Waals surface area contributed by atoms with Crippen LogP contribution in [0.25, 0.3) is 11.0 Å². The van der Waals surface area contributed by atoms with Gasteiger partial charge in [-0.15, -0.1) is 0 Å². The van der Waals surface area contributed by atoms with E-state index < -0.39 is 0 Å². The molecule has 0 aliphatic heterocycles. The number of nitrogens with zero attached hydrogens (tertiary/aromatic N) is 4. The highest BCUT2D eigenvalue weighted by molar-refractivity contribution is 6.31. The van der Waals surface area contributed by atoms with E-state index in [-0.39, 0.29) is 33.2 Å². The predicted octanol–water partition coefficient (Wildman–Crippen LogP) is 8.30. The average Bonchev–Trinajstić information content (AvgIpc) is 2.90. The van der Waals surface area contributed by atoms with Crippen LogP contribution in [-0.4, -0.2) is 40.5 Å². The quantitative estimate of drug-likeness (QED) is 0.178. The summed E-state index contributed by atoms with van der Waals surface area (Å²) >= 11 is 0. The van der Waals surface area contributed by atoms with E-state index in [4.69, 9.17) is 20.0 Å². The zero-order chi connectivity index (χ0) is 34.6. The summed E-state index contributed by atoms with van der Waals surface area (Å²) in [7, 11) is 1.94. The van der Waals surface area contributed by atoms with Crippen molar-refractivity contribution in [3.63, 3.8) is 0 Å². The van der Waals surface area contributed by atoms with Crippen LogP contribution in [0.4, 0.5) is 11.4 Å². The maximum Gasteiger partial charge on any atom is 0.166 e. The molecule has 0 atom stereocenters. The average molecular weight is 619 g/mol. The maximum atomic E-state index is 11.4. The Hall–Kier alpha value is -4.00. The number of fused-ring (bicyclic) bond motifs is 1. The zero-order valence-corrected chi connectivity index (χ0v) is 30.3. The molecule has 0 fully saturated rings. The van der Waals surface area contributed by atoms with E-state index >= 15 is 0 Å². The van der Waals surface area contributed by atoms with Crippen molar-refractivity contribution >= 4 is 48.3 Å². The van der Waals surface area contributed by atoms with Gasteiger partial charge in [0.05, 0.1) is 22.4 Å². The summed E-state index contributed by atoms with van der Waals surface area (Å²) in [5.41, 5.74) is 8.82. The number of phenols is 2. The Balaban J connectivity index is 1.95. The summed E-state index contributed by atoms with van der Waals surface area (Å²) < 4.78 is 0. The molecule has 3 aromatic carbocycles. The van der Waals surface area contributed by atoms with Gasteiger partial charge < -0.3 is 10.2 Å². The number of aromatic hydroxyl groups is 2. The number of rotatable bonds is 4. The molecule has 0 saturated carbocycles. The van der Waals surface area contributed by atoms with Crippen LogP contribution >= 0.6 is 0 Å². The molecule has 0 saturated heterocycles. The van der Waals surface area contributed by atoms with Crippen molar-refractivity contribution < 1.29 is 10.2 Å². The lowest BCUT2D eigenvalue weighted by Crippen LogP contribution is -2.17. The summed E-state index contributed by atoms with van der Waals surface area (Å²) in [6.45, 7) is 27.6. The third-order valence-corrected chi connectivity index (χ3v) is 8.48. The fraction of sp³-hybridized carbons (Fsp3) is 0.436. The summed E-state index contributed by atoms with van der Waals surface area (Å²) in [4.78, 5) is 19.4. The molecule has 0 radical (unpaired) electrons. The summed E-state index contributed by atoms with van der Waals surface area (Å²) in [5, 5.41) is 22.8. The molecule has 0 unspecified atom stereocenters. The molecule has 242 valence electrons. The second-order valence-electron chi connectivity index (χ2n) is 16.7. The molecule has 46 heavy (non-hydrogen) atoms. The predicted molar refractivity (Wildman–Crippen MR) is 198 cm³/mol. The fourth-order valence-electron chi connectivity index (χ4n) is 5.26. The van der Waals surface area contributed by atoms with Crippen molar-refractivity contribution in [3.05, 3.63) is 75.5 Å². The Morgan fingerprint density at radius 2 is 0.935 bits per heavy atom. The number of hydrogen-bond donors (Lipinski definition) is 2. The monoisotopic (exact) mass is 618 g/mol. The summed E-state index contributed by atoms with van der Waals surface area (Å²) in [6.07, 6.45) is 3.42. The van der Waals surface area contributed by atoms with E-state index in [1.807, 2.05) is 39.0 Å². The van der Waals surface area contributed by atoms with Gasteiger partial charge in [-0.3, -0.25) is 20.0 Å². The maximum absolute atomic E-state index is 11.4. The number of hydrogen-bond acceptors (Lipinski definition) is 6. The zero-order valence-electron chi connectivity index (χ0n) is 30.3. The highest BCUT2D eigenvalue weighted by Gasteiger charge is 2.26. The number of phenolic OH excluding ortho intramolecular Hbond substituents is 2. The number of aryl methyl sites for hydroxylation is 1. The molecule has 0 bridgehead atoms. The largest absolute Gasteiger partial charge is 0.507 e. The van der Waals surface area contributed by atoms with Crippen LogP contribution in [0, 0.1) is 6.92 Å². The first-order valence-electron chi connectivity index (χ1n) is 16.1. The smallest absolute Gasteiger partial charge is 0.166 e. The lowest BCUT2D eigenvalue weighted by atomic mass is 9.79. The van der Waals surface area contributed by atoms with Crippen molar-refractivity contribution in [1.29, 1.82) is 0 Å². The van der Waals surface area contributed by atoms with Gasteiger partial charge in [0.25, 0.3) is 0 Å². The van der Waals surface area contributed by atoms with Gasteiger partial charge in [-0.1, -0.05) is 95.2 Å². The van der Waals surface area contributed by atoms with Gasteiger partial charge in [0.15, 0.2) is 7.85 Å². The third kappa shape index (κ3) is 7.51. The van der Waals surface area contributed by atoms with E-state index in [9.17, 15) is 10.2 Å². The second kappa shape index (κ2) is 12.0. The molecule has 0 aliphatic carbocycles. The van der Waals surface area contributed by atoms with Gasteiger partial charge in [0.1, 0.15) is 11.5 Å². The molecule has 6 nitrogen and oxygen atoms in total. The highest BCUT2D eigenvalue weighted by atomic mass is 16.3. The lowest BCUT2D eigenvalue weighted by Gasteiger charge is -2.27. The van der Waals surface area contributed by atoms with Crippen LogP contribution in [0.3, 0.4) is 0 Å². The van der Waals surface area contributed by atoms with Gasteiger partial charge in [0.2, 0.25) is 0 Å². The topological polar surface area (TPSA) is 91.0 Å². The Bertz CT molecular complexity index is 1730. The van der Waals surface area contributed by atoms with Crippen LogP contribution in [0.5, 0.6) is 11.5 Å². The first kappa shape index (κ1) is 34.9. The van der Waals surface area contributed by atoms with Crippen LogP contribution in [-0.2, 0) is 21.7 Å². The molecule has 0 amide bonds. The molecular weight excluding hydrogens is 567 g/mol. The first-order chi connectivity index (χ1) is 21.0. The summed E-state index contributed by atoms with van der Waals surface area (Å²) in [6, 6.07) is 12.0. The minimum absolute atomic E-state index is 0.116. The molecule has 2 N–H and O–H groups in total. The van der Waals surface area contributed by atoms with E-state index in [1.165, 1.54) is 0 Å². The standard InChI is InChI=1S/C39H51BN4O2/c1-22-35(40)44-32-19-30(42-21-24-15-26(37(5,6)7)17-28(34(24)46)39(11,12)13)29(18-31(32)43-22)41-20-23-14-25(36(2,3)4)16-27(33(23)45)38(8,9)10/h14-21,45-46H,40H2,1-13H3/b41-20+,42-21+. The first-order valence-corrected chi connectivity index (χ1v) is 16.1. The molecule has 4 rings (SSSR count). The Kier molecular flexibility index (Phi) is 9.08. The summed E-state index contributed by atoms with van der Waals surface area (Å²) in [5.74, 6) is 0.444. The number of aliphatic imine (C=N–C) groups is 2. The van der Waals surface area contributed by atoms with E-state index in [2.05, 4.69) is 95.2 Å². The van der Waals surface area contributed by atoms with E-state index in [0.717, 1.165) is 33.5 Å². The van der Waals surface area contributed by atoms with Gasteiger partial charge in [-0.05, 0) is 64.0 Å². The highest BCUT2D eigenvalue weighted by Crippen LogP contribution is 2.40. The lowest BCUT2D eigenvalue weighted by molar-refractivity contribution is 0.443. The van der Waals surface area contributed by atoms with Crippen molar-refractivity contribution in [2.45, 2.75) is 112 Å². The van der Waals surface area contributed by atoms with Gasteiger partial charge >= 0.3 is 0 Å². The van der Waals surface area contributed by atoms with Crippen LogP contribution < -0.4 is 5.59 Å². The molecule has 1 heterocycles. The minimum Gasteiger partial charge on any atom is -0.507 e. The minimum atomic E-state index is -0.257. The molecule has 0 aliphatic rings. The van der Waals surface area contributed by atoms with Gasteiger partial charge in [0, 0.05) is 46.0 Å². The Morgan fingerprint density at radius 3 is 1.28 bits per heavy atom. The molecular formula is C39H51BN4O2. The van der Waals surface area contributed by atoms with E-state index in [0.29, 0.717) is 33.5 Å². The van der Waals surface area contributed by atoms with Crippen LogP contribution in [0.15, 0.2) is 46.4 Å². The fourth-order valence-corrected chi connectivity index (χ4v) is 5.26. The molecule has 4 aromatic rings. The second-order valence-corrected chi connectivity index (χ2v) is 16.7. The van der Waals surface area contributed by atoms with Gasteiger partial charge in [-0.25, -0.2) is 0 Å². The van der Waals surface area contributed by atoms with Crippen molar-refractivity contribution in [2.24, 2.45) is 9.98 Å².